The van der Waals surface area contributed by atoms with Crippen molar-refractivity contribution in [1.29, 1.82) is 0 Å². The van der Waals surface area contributed by atoms with E-state index in [1.54, 1.807) is 24.3 Å². The molecule has 0 aliphatic heterocycles. The molecule has 2 aromatic rings. The Labute approximate surface area is 131 Å². The fraction of sp³-hybridized carbons (Fsp3) is 0.188. The van der Waals surface area contributed by atoms with Crippen molar-refractivity contribution in [1.82, 2.24) is 0 Å². The molecule has 0 heterocycles. The lowest BCUT2D eigenvalue weighted by Crippen LogP contribution is -2.12. The maximum Gasteiger partial charge on any atom is 0.256 e. The molecular formula is C16H15BrFNO2. The normalized spacial score (nSPS) is 10.2. The van der Waals surface area contributed by atoms with Gasteiger partial charge in [0.25, 0.3) is 5.91 Å². The molecule has 2 rings (SSSR count). The Morgan fingerprint density at radius 2 is 1.95 bits per heavy atom. The minimum absolute atomic E-state index is 0.251. The Hall–Kier alpha value is -1.88. The number of carbonyl (C=O) groups excluding carboxylic acids is 1. The summed E-state index contributed by atoms with van der Waals surface area (Å²) < 4.78 is 19.2. The summed E-state index contributed by atoms with van der Waals surface area (Å²) >= 11 is 3.24. The van der Waals surface area contributed by atoms with E-state index in [-0.39, 0.29) is 11.5 Å². The van der Waals surface area contributed by atoms with Crippen molar-refractivity contribution in [3.8, 4) is 5.75 Å². The maximum absolute atomic E-state index is 13.2. The van der Waals surface area contributed by atoms with E-state index < -0.39 is 5.82 Å². The molecule has 0 saturated heterocycles. The third-order valence-corrected chi connectivity index (χ3v) is 3.45. The summed E-state index contributed by atoms with van der Waals surface area (Å²) in [4.78, 5) is 12.1. The van der Waals surface area contributed by atoms with Gasteiger partial charge in [-0.25, -0.2) is 4.39 Å². The van der Waals surface area contributed by atoms with E-state index in [9.17, 15) is 9.18 Å². The van der Waals surface area contributed by atoms with Crippen LogP contribution in [0.15, 0.2) is 46.9 Å². The number of hydrogen-bond donors (Lipinski definition) is 1. The van der Waals surface area contributed by atoms with Gasteiger partial charge in [0.1, 0.15) is 11.6 Å². The summed E-state index contributed by atoms with van der Waals surface area (Å²) in [5, 5.41) is 2.72. The van der Waals surface area contributed by atoms with E-state index in [0.29, 0.717) is 16.8 Å². The summed E-state index contributed by atoms with van der Waals surface area (Å²) in [7, 11) is 0. The van der Waals surface area contributed by atoms with Crippen LogP contribution in [-0.4, -0.2) is 12.5 Å². The lowest BCUT2D eigenvalue weighted by atomic mass is 10.2. The van der Waals surface area contributed by atoms with Crippen LogP contribution in [-0.2, 0) is 0 Å². The lowest BCUT2D eigenvalue weighted by molar-refractivity contribution is 0.102. The largest absolute Gasteiger partial charge is 0.494 e. The number of hydrogen-bond acceptors (Lipinski definition) is 2. The van der Waals surface area contributed by atoms with E-state index in [1.165, 1.54) is 18.2 Å². The second-order valence-electron chi connectivity index (χ2n) is 4.45. The highest BCUT2D eigenvalue weighted by Gasteiger charge is 2.11. The van der Waals surface area contributed by atoms with Crippen molar-refractivity contribution in [3.05, 3.63) is 58.3 Å². The first-order valence-corrected chi connectivity index (χ1v) is 7.38. The molecule has 5 heteroatoms. The van der Waals surface area contributed by atoms with Crippen molar-refractivity contribution in [2.75, 3.05) is 11.9 Å². The van der Waals surface area contributed by atoms with Crippen LogP contribution in [0.3, 0.4) is 0 Å². The summed E-state index contributed by atoms with van der Waals surface area (Å²) in [6.45, 7) is 2.69. The minimum Gasteiger partial charge on any atom is -0.494 e. The molecule has 3 nitrogen and oxygen atoms in total. The zero-order chi connectivity index (χ0) is 15.2. The maximum atomic E-state index is 13.2. The minimum atomic E-state index is -0.452. The van der Waals surface area contributed by atoms with Gasteiger partial charge in [-0.05, 0) is 64.8 Å². The van der Waals surface area contributed by atoms with Gasteiger partial charge in [-0.1, -0.05) is 6.92 Å². The highest BCUT2D eigenvalue weighted by molar-refractivity contribution is 9.10. The van der Waals surface area contributed by atoms with Crippen LogP contribution in [0.4, 0.5) is 10.1 Å². The summed E-state index contributed by atoms with van der Waals surface area (Å²) in [5.41, 5.74) is 0.876. The van der Waals surface area contributed by atoms with E-state index >= 15 is 0 Å². The van der Waals surface area contributed by atoms with Crippen molar-refractivity contribution in [2.24, 2.45) is 0 Å². The number of anilines is 1. The first kappa shape index (κ1) is 15.5. The molecule has 0 bridgehead atoms. The van der Waals surface area contributed by atoms with Crippen LogP contribution in [0.5, 0.6) is 5.75 Å². The molecule has 0 atom stereocenters. The van der Waals surface area contributed by atoms with Gasteiger partial charge >= 0.3 is 0 Å². The molecule has 0 aliphatic carbocycles. The number of rotatable bonds is 5. The fourth-order valence-electron chi connectivity index (χ4n) is 1.72. The predicted molar refractivity (Wildman–Crippen MR) is 84.3 cm³/mol. The standard InChI is InChI=1S/C16H15BrFNO2/c1-2-9-21-13-6-4-12(5-7-13)19-16(20)14-10-11(18)3-8-15(14)17/h3-8,10H,2,9H2,1H3,(H,19,20). The van der Waals surface area contributed by atoms with Gasteiger partial charge in [0.2, 0.25) is 0 Å². The first-order chi connectivity index (χ1) is 10.1. The molecule has 0 saturated carbocycles. The second-order valence-corrected chi connectivity index (χ2v) is 5.31. The van der Waals surface area contributed by atoms with Gasteiger partial charge in [0.15, 0.2) is 0 Å². The lowest BCUT2D eigenvalue weighted by Gasteiger charge is -2.09. The molecule has 0 aromatic heterocycles. The van der Waals surface area contributed by atoms with Crippen LogP contribution in [0.1, 0.15) is 23.7 Å². The Kier molecular flexibility index (Phi) is 5.33. The van der Waals surface area contributed by atoms with Crippen molar-refractivity contribution >= 4 is 27.5 Å². The van der Waals surface area contributed by atoms with Crippen molar-refractivity contribution in [2.45, 2.75) is 13.3 Å². The zero-order valence-electron chi connectivity index (χ0n) is 11.5. The molecule has 0 unspecified atom stereocenters. The van der Waals surface area contributed by atoms with E-state index in [4.69, 9.17) is 4.74 Å². The third-order valence-electron chi connectivity index (χ3n) is 2.76. The highest BCUT2D eigenvalue weighted by atomic mass is 79.9. The zero-order valence-corrected chi connectivity index (χ0v) is 13.1. The first-order valence-electron chi connectivity index (χ1n) is 6.59. The second kappa shape index (κ2) is 7.22. The molecule has 2 aromatic carbocycles. The smallest absolute Gasteiger partial charge is 0.256 e. The van der Waals surface area contributed by atoms with Gasteiger partial charge in [-0.2, -0.15) is 0 Å². The Morgan fingerprint density at radius 3 is 2.62 bits per heavy atom. The summed E-state index contributed by atoms with van der Waals surface area (Å²) in [6, 6.07) is 11.1. The van der Waals surface area contributed by atoms with Gasteiger partial charge in [0.05, 0.1) is 12.2 Å². The predicted octanol–water partition coefficient (Wildman–Crippen LogP) is 4.63. The van der Waals surface area contributed by atoms with E-state index in [0.717, 1.165) is 12.2 Å². The molecule has 0 aliphatic rings. The molecule has 1 N–H and O–H groups in total. The monoisotopic (exact) mass is 351 g/mol. The quantitative estimate of drug-likeness (QED) is 0.852. The van der Waals surface area contributed by atoms with Gasteiger partial charge in [0, 0.05) is 10.2 Å². The van der Waals surface area contributed by atoms with E-state index in [2.05, 4.69) is 21.2 Å². The molecule has 0 spiro atoms. The molecule has 21 heavy (non-hydrogen) atoms. The van der Waals surface area contributed by atoms with Crippen LogP contribution in [0.2, 0.25) is 0 Å². The number of carbonyl (C=O) groups is 1. The summed E-state index contributed by atoms with van der Waals surface area (Å²) in [6.07, 6.45) is 0.937. The molecule has 110 valence electrons. The topological polar surface area (TPSA) is 38.3 Å². The van der Waals surface area contributed by atoms with Crippen LogP contribution in [0.25, 0.3) is 0 Å². The Morgan fingerprint density at radius 1 is 1.24 bits per heavy atom. The molecule has 0 radical (unpaired) electrons. The fourth-order valence-corrected chi connectivity index (χ4v) is 2.15. The molecule has 1 amide bonds. The van der Waals surface area contributed by atoms with Gasteiger partial charge in [-0.15, -0.1) is 0 Å². The molecule has 0 fully saturated rings. The third kappa shape index (κ3) is 4.29. The SMILES string of the molecule is CCCOc1ccc(NC(=O)c2cc(F)ccc2Br)cc1. The van der Waals surface area contributed by atoms with Crippen LogP contribution < -0.4 is 10.1 Å². The summed E-state index contributed by atoms with van der Waals surface area (Å²) in [5.74, 6) is -0.0722. The molecular weight excluding hydrogens is 337 g/mol. The van der Waals surface area contributed by atoms with Crippen LogP contribution >= 0.6 is 15.9 Å². The van der Waals surface area contributed by atoms with Crippen LogP contribution in [0, 0.1) is 5.82 Å². The number of benzene rings is 2. The van der Waals surface area contributed by atoms with Crippen molar-refractivity contribution in [3.63, 3.8) is 0 Å². The van der Waals surface area contributed by atoms with Gasteiger partial charge in [-0.3, -0.25) is 4.79 Å². The number of ether oxygens (including phenoxy) is 1. The average Bonchev–Trinajstić information content (AvgIpc) is 2.49. The Bertz CT molecular complexity index is 629. The average molecular weight is 352 g/mol. The highest BCUT2D eigenvalue weighted by Crippen LogP contribution is 2.21. The number of amides is 1. The van der Waals surface area contributed by atoms with Gasteiger partial charge < -0.3 is 10.1 Å². The number of halogens is 2. The number of nitrogens with one attached hydrogen (secondary N) is 1. The Balaban J connectivity index is 2.07. The van der Waals surface area contributed by atoms with Crippen molar-refractivity contribution < 1.29 is 13.9 Å². The van der Waals surface area contributed by atoms with E-state index in [1.807, 2.05) is 6.92 Å².